The molecule has 0 unspecified atom stereocenters. The zero-order chi connectivity index (χ0) is 13.7. The molecule has 19 heavy (non-hydrogen) atoms. The smallest absolute Gasteiger partial charge is 0.239 e. The van der Waals surface area contributed by atoms with Gasteiger partial charge in [-0.2, -0.15) is 0 Å². The van der Waals surface area contributed by atoms with Crippen molar-refractivity contribution in [3.05, 3.63) is 29.3 Å². The van der Waals surface area contributed by atoms with Gasteiger partial charge < -0.3 is 15.5 Å². The van der Waals surface area contributed by atoms with Crippen molar-refractivity contribution in [2.24, 2.45) is 0 Å². The Kier molecular flexibility index (Phi) is 4.80. The number of rotatable bonds is 4. The van der Waals surface area contributed by atoms with Crippen LogP contribution in [0.2, 0.25) is 0 Å². The predicted octanol–water partition coefficient (Wildman–Crippen LogP) is 1.43. The van der Waals surface area contributed by atoms with E-state index in [4.69, 9.17) is 0 Å². The maximum absolute atomic E-state index is 11.6. The summed E-state index contributed by atoms with van der Waals surface area (Å²) in [7, 11) is 0. The number of carbonyl (C=O) groups is 1. The maximum Gasteiger partial charge on any atom is 0.239 e. The number of hydrogen-bond donors (Lipinski definition) is 2. The Bertz CT molecular complexity index is 445. The molecule has 1 heterocycles. The van der Waals surface area contributed by atoms with Crippen LogP contribution < -0.4 is 15.5 Å². The molecule has 4 nitrogen and oxygen atoms in total. The number of aryl methyl sites for hydroxylation is 1. The standard InChI is InChI=1S/C15H23N3O/c1-3-16-10-13-5-6-14(9-12(13)2)18-8-4-7-17-15(19)11-18/h5-6,9,16H,3-4,7-8,10-11H2,1-2H3,(H,17,19). The Morgan fingerprint density at radius 3 is 3.00 bits per heavy atom. The third-order valence-electron chi connectivity index (χ3n) is 3.52. The zero-order valence-corrected chi connectivity index (χ0v) is 11.8. The van der Waals surface area contributed by atoms with Crippen LogP contribution in [0.4, 0.5) is 5.69 Å². The topological polar surface area (TPSA) is 44.4 Å². The minimum Gasteiger partial charge on any atom is -0.362 e. The van der Waals surface area contributed by atoms with Crippen LogP contribution in [0.25, 0.3) is 0 Å². The molecule has 0 aliphatic carbocycles. The van der Waals surface area contributed by atoms with Gasteiger partial charge in [-0.25, -0.2) is 0 Å². The lowest BCUT2D eigenvalue weighted by Gasteiger charge is -2.22. The van der Waals surface area contributed by atoms with Crippen LogP contribution in [-0.2, 0) is 11.3 Å². The molecule has 0 aromatic heterocycles. The van der Waals surface area contributed by atoms with Gasteiger partial charge in [0, 0.05) is 25.3 Å². The molecule has 2 rings (SSSR count). The van der Waals surface area contributed by atoms with E-state index in [9.17, 15) is 4.79 Å². The summed E-state index contributed by atoms with van der Waals surface area (Å²) in [4.78, 5) is 13.8. The molecule has 2 N–H and O–H groups in total. The monoisotopic (exact) mass is 261 g/mol. The summed E-state index contributed by atoms with van der Waals surface area (Å²) in [6.07, 6.45) is 1.00. The molecule has 1 amide bonds. The van der Waals surface area contributed by atoms with Crippen LogP contribution in [0.5, 0.6) is 0 Å². The lowest BCUT2D eigenvalue weighted by Crippen LogP contribution is -2.33. The molecule has 0 spiro atoms. The second-order valence-electron chi connectivity index (χ2n) is 5.02. The lowest BCUT2D eigenvalue weighted by atomic mass is 10.1. The van der Waals surface area contributed by atoms with E-state index in [0.29, 0.717) is 6.54 Å². The molecule has 1 saturated heterocycles. The van der Waals surface area contributed by atoms with Crippen molar-refractivity contribution in [3.63, 3.8) is 0 Å². The molecule has 0 saturated carbocycles. The van der Waals surface area contributed by atoms with Crippen molar-refractivity contribution in [3.8, 4) is 0 Å². The van der Waals surface area contributed by atoms with Gasteiger partial charge in [0.2, 0.25) is 5.91 Å². The van der Waals surface area contributed by atoms with E-state index in [2.05, 4.69) is 47.6 Å². The van der Waals surface area contributed by atoms with Crippen molar-refractivity contribution in [2.45, 2.75) is 26.8 Å². The highest BCUT2D eigenvalue weighted by Crippen LogP contribution is 2.20. The van der Waals surface area contributed by atoms with Gasteiger partial charge >= 0.3 is 0 Å². The molecule has 1 aliphatic heterocycles. The number of amides is 1. The van der Waals surface area contributed by atoms with Gasteiger partial charge in [0.15, 0.2) is 0 Å². The SMILES string of the molecule is CCNCc1ccc(N2CCCNC(=O)C2)cc1C. The number of nitrogens with zero attached hydrogens (tertiary/aromatic N) is 1. The van der Waals surface area contributed by atoms with Crippen molar-refractivity contribution in [2.75, 3.05) is 31.1 Å². The van der Waals surface area contributed by atoms with Crippen molar-refractivity contribution in [1.29, 1.82) is 0 Å². The Hall–Kier alpha value is -1.55. The van der Waals surface area contributed by atoms with E-state index < -0.39 is 0 Å². The summed E-state index contributed by atoms with van der Waals surface area (Å²) < 4.78 is 0. The summed E-state index contributed by atoms with van der Waals surface area (Å²) in [5.41, 5.74) is 3.75. The van der Waals surface area contributed by atoms with Crippen LogP contribution in [0.3, 0.4) is 0 Å². The van der Waals surface area contributed by atoms with Gasteiger partial charge in [-0.1, -0.05) is 13.0 Å². The summed E-state index contributed by atoms with van der Waals surface area (Å²) >= 11 is 0. The van der Waals surface area contributed by atoms with Gasteiger partial charge in [0.05, 0.1) is 6.54 Å². The average Bonchev–Trinajstić information content (AvgIpc) is 2.62. The van der Waals surface area contributed by atoms with Crippen molar-refractivity contribution in [1.82, 2.24) is 10.6 Å². The third-order valence-corrected chi connectivity index (χ3v) is 3.52. The van der Waals surface area contributed by atoms with E-state index >= 15 is 0 Å². The first-order valence-corrected chi connectivity index (χ1v) is 7.02. The second-order valence-corrected chi connectivity index (χ2v) is 5.02. The van der Waals surface area contributed by atoms with Crippen LogP contribution in [0, 0.1) is 6.92 Å². The van der Waals surface area contributed by atoms with Crippen LogP contribution >= 0.6 is 0 Å². The largest absolute Gasteiger partial charge is 0.362 e. The van der Waals surface area contributed by atoms with E-state index in [-0.39, 0.29) is 5.91 Å². The molecule has 1 fully saturated rings. The molecule has 1 aromatic carbocycles. The maximum atomic E-state index is 11.6. The minimum absolute atomic E-state index is 0.117. The van der Waals surface area contributed by atoms with Crippen LogP contribution in [0.15, 0.2) is 18.2 Å². The van der Waals surface area contributed by atoms with E-state index in [1.807, 2.05) is 0 Å². The fourth-order valence-corrected chi connectivity index (χ4v) is 2.36. The van der Waals surface area contributed by atoms with E-state index in [1.165, 1.54) is 11.1 Å². The molecule has 1 aromatic rings. The zero-order valence-electron chi connectivity index (χ0n) is 11.8. The first kappa shape index (κ1) is 13.9. The molecular weight excluding hydrogens is 238 g/mol. The Morgan fingerprint density at radius 1 is 1.42 bits per heavy atom. The summed E-state index contributed by atoms with van der Waals surface area (Å²) in [6.45, 7) is 8.31. The highest BCUT2D eigenvalue weighted by atomic mass is 16.2. The van der Waals surface area contributed by atoms with Crippen molar-refractivity contribution >= 4 is 11.6 Å². The first-order valence-electron chi connectivity index (χ1n) is 7.02. The van der Waals surface area contributed by atoms with Gasteiger partial charge in [0.1, 0.15) is 0 Å². The number of hydrogen-bond acceptors (Lipinski definition) is 3. The van der Waals surface area contributed by atoms with Crippen molar-refractivity contribution < 1.29 is 4.79 Å². The minimum atomic E-state index is 0.117. The average molecular weight is 261 g/mol. The van der Waals surface area contributed by atoms with Crippen LogP contribution in [0.1, 0.15) is 24.5 Å². The lowest BCUT2D eigenvalue weighted by molar-refractivity contribution is -0.119. The number of benzene rings is 1. The van der Waals surface area contributed by atoms with Crippen LogP contribution in [-0.4, -0.2) is 32.1 Å². The highest BCUT2D eigenvalue weighted by molar-refractivity contribution is 5.81. The Morgan fingerprint density at radius 2 is 2.26 bits per heavy atom. The van der Waals surface area contributed by atoms with E-state index in [0.717, 1.165) is 38.3 Å². The Balaban J connectivity index is 2.11. The van der Waals surface area contributed by atoms with E-state index in [1.54, 1.807) is 0 Å². The van der Waals surface area contributed by atoms with Gasteiger partial charge in [0.25, 0.3) is 0 Å². The second kappa shape index (κ2) is 6.57. The fraction of sp³-hybridized carbons (Fsp3) is 0.533. The quantitative estimate of drug-likeness (QED) is 0.862. The third kappa shape index (κ3) is 3.70. The molecular formula is C15H23N3O. The summed E-state index contributed by atoms with van der Waals surface area (Å²) in [5.74, 6) is 0.117. The molecule has 4 heteroatoms. The Labute approximate surface area is 115 Å². The number of nitrogens with one attached hydrogen (secondary N) is 2. The van der Waals surface area contributed by atoms with Gasteiger partial charge in [-0.05, 0) is 43.1 Å². The predicted molar refractivity (Wildman–Crippen MR) is 78.4 cm³/mol. The summed E-state index contributed by atoms with van der Waals surface area (Å²) in [5, 5.41) is 6.25. The molecule has 1 aliphatic rings. The molecule has 104 valence electrons. The summed E-state index contributed by atoms with van der Waals surface area (Å²) in [6, 6.07) is 6.47. The number of carbonyl (C=O) groups excluding carboxylic acids is 1. The molecule has 0 radical (unpaired) electrons. The highest BCUT2D eigenvalue weighted by Gasteiger charge is 2.15. The fourth-order valence-electron chi connectivity index (χ4n) is 2.36. The first-order chi connectivity index (χ1) is 9.20. The normalized spacial score (nSPS) is 16.1. The van der Waals surface area contributed by atoms with Gasteiger partial charge in [-0.15, -0.1) is 0 Å². The van der Waals surface area contributed by atoms with Gasteiger partial charge in [-0.3, -0.25) is 4.79 Å². The number of anilines is 1. The molecule has 0 atom stereocenters. The molecule has 0 bridgehead atoms.